The fraction of sp³-hybridized carbons (Fsp3) is 0.167. The van der Waals surface area contributed by atoms with Crippen LogP contribution in [0.4, 0.5) is 8.78 Å². The second-order valence-electron chi connectivity index (χ2n) is 1.66. The average molecular weight is 244 g/mol. The van der Waals surface area contributed by atoms with Crippen LogP contribution in [-0.2, 0) is 0 Å². The number of hydrogen-bond acceptors (Lipinski definition) is 1. The third kappa shape index (κ3) is 2.10. The van der Waals surface area contributed by atoms with Crippen LogP contribution in [0.25, 0.3) is 0 Å². The highest BCUT2D eigenvalue weighted by molar-refractivity contribution is 9.10. The zero-order valence-electron chi connectivity index (χ0n) is 7.04. The molecule has 1 nitrogen and oxygen atoms in total. The van der Waals surface area contributed by atoms with E-state index < -0.39 is 24.3 Å². The Labute approximate surface area is 78.3 Å². The number of alkyl halides is 2. The van der Waals surface area contributed by atoms with Crippen molar-refractivity contribution >= 4 is 27.5 Å². The molecule has 0 spiro atoms. The normalized spacial score (nSPS) is 13.2. The van der Waals surface area contributed by atoms with Gasteiger partial charge in [-0.15, -0.1) is 0 Å². The van der Waals surface area contributed by atoms with Gasteiger partial charge in [0.1, 0.15) is 5.69 Å². The lowest BCUT2D eigenvalue weighted by Crippen LogP contribution is -1.88. The highest BCUT2D eigenvalue weighted by Gasteiger charge is 2.09. The molecule has 0 bridgehead atoms. The van der Waals surface area contributed by atoms with E-state index in [1.807, 2.05) is 0 Å². The topological polar surface area (TPSA) is 12.9 Å². The third-order valence-electron chi connectivity index (χ3n) is 0.912. The molecule has 0 saturated heterocycles. The maximum Gasteiger partial charge on any atom is 0.280 e. The second-order valence-corrected chi connectivity index (χ2v) is 2.83. The zero-order chi connectivity index (χ0) is 10.2. The quantitative estimate of drug-likeness (QED) is 0.737. The van der Waals surface area contributed by atoms with Gasteiger partial charge in [0.2, 0.25) is 0 Å². The molecule has 11 heavy (non-hydrogen) atoms. The molecule has 0 aromatic carbocycles. The van der Waals surface area contributed by atoms with Crippen molar-refractivity contribution in [3.8, 4) is 0 Å². The van der Waals surface area contributed by atoms with Crippen LogP contribution in [-0.4, -0.2) is 4.98 Å². The van der Waals surface area contributed by atoms with Crippen molar-refractivity contribution in [3.63, 3.8) is 0 Å². The summed E-state index contributed by atoms with van der Waals surface area (Å²) in [6, 6.07) is -0.542. The van der Waals surface area contributed by atoms with Crippen LogP contribution in [0.1, 0.15) is 14.9 Å². The van der Waals surface area contributed by atoms with Crippen molar-refractivity contribution in [1.29, 1.82) is 0 Å². The molecular formula is C6H3BrClF2N. The van der Waals surface area contributed by atoms with Gasteiger partial charge in [-0.2, -0.15) is 0 Å². The summed E-state index contributed by atoms with van der Waals surface area (Å²) in [7, 11) is 0. The first-order valence-corrected chi connectivity index (χ1v) is 3.72. The molecule has 1 heterocycles. The van der Waals surface area contributed by atoms with Crippen LogP contribution in [0, 0.1) is 0 Å². The Morgan fingerprint density at radius 3 is 2.91 bits per heavy atom. The molecule has 0 aliphatic rings. The number of pyridine rings is 1. The fourth-order valence-corrected chi connectivity index (χ4v) is 0.784. The summed E-state index contributed by atoms with van der Waals surface area (Å²) in [4.78, 5) is 3.23. The molecule has 0 radical (unpaired) electrons. The molecule has 60 valence electrons. The molecule has 5 heteroatoms. The van der Waals surface area contributed by atoms with E-state index in [-0.39, 0.29) is 9.50 Å². The first-order valence-electron chi connectivity index (χ1n) is 3.55. The first-order chi connectivity index (χ1) is 5.95. The lowest BCUT2D eigenvalue weighted by Gasteiger charge is -1.99. The van der Waals surface area contributed by atoms with Crippen molar-refractivity contribution < 1.29 is 11.5 Å². The van der Waals surface area contributed by atoms with Crippen LogP contribution in [0.2, 0.25) is 5.02 Å². The summed E-state index contributed by atoms with van der Waals surface area (Å²) in [6.45, 7) is 0. The predicted molar refractivity (Wildman–Crippen MR) is 41.9 cm³/mol. The first kappa shape index (κ1) is 6.31. The molecule has 0 aliphatic carbocycles. The van der Waals surface area contributed by atoms with Gasteiger partial charge in [0.25, 0.3) is 6.43 Å². The van der Waals surface area contributed by atoms with Crippen molar-refractivity contribution in [1.82, 2.24) is 4.98 Å². The van der Waals surface area contributed by atoms with Gasteiger partial charge in [0.05, 0.1) is 12.2 Å². The van der Waals surface area contributed by atoms with E-state index in [1.54, 1.807) is 0 Å². The standard InChI is InChI=1S/C6H3BrClF2N/c7-3-2-11-5(6(9)10)1-4(3)8/h1-2,6H/i1D,2D. The largest absolute Gasteiger partial charge is 0.280 e. The van der Waals surface area contributed by atoms with Gasteiger partial charge in [-0.1, -0.05) is 11.6 Å². The average Bonchev–Trinajstić information content (AvgIpc) is 2.07. The van der Waals surface area contributed by atoms with Crippen molar-refractivity contribution in [2.75, 3.05) is 0 Å². The molecule has 0 fully saturated rings. The lowest BCUT2D eigenvalue weighted by molar-refractivity contribution is 0.146. The summed E-state index contributed by atoms with van der Waals surface area (Å²) in [5.41, 5.74) is -0.766. The monoisotopic (exact) mass is 243 g/mol. The molecule has 0 aliphatic heterocycles. The van der Waals surface area contributed by atoms with Gasteiger partial charge >= 0.3 is 0 Å². The van der Waals surface area contributed by atoms with E-state index in [2.05, 4.69) is 20.9 Å². The van der Waals surface area contributed by atoms with Gasteiger partial charge in [-0.25, -0.2) is 8.78 Å². The van der Waals surface area contributed by atoms with Crippen LogP contribution < -0.4 is 0 Å². The van der Waals surface area contributed by atoms with Crippen LogP contribution >= 0.6 is 27.5 Å². The van der Waals surface area contributed by atoms with E-state index in [9.17, 15) is 8.78 Å². The van der Waals surface area contributed by atoms with Gasteiger partial charge in [0, 0.05) is 6.17 Å². The van der Waals surface area contributed by atoms with E-state index in [1.165, 1.54) is 0 Å². The van der Waals surface area contributed by atoms with E-state index in [4.69, 9.17) is 14.3 Å². The number of hydrogen-bond donors (Lipinski definition) is 0. The van der Waals surface area contributed by atoms with Crippen molar-refractivity contribution in [3.05, 3.63) is 27.4 Å². The number of halogens is 4. The Kier molecular flexibility index (Phi) is 1.98. The van der Waals surface area contributed by atoms with E-state index in [0.29, 0.717) is 0 Å². The minimum Gasteiger partial charge on any atom is -0.254 e. The highest BCUT2D eigenvalue weighted by atomic mass is 79.9. The van der Waals surface area contributed by atoms with Gasteiger partial charge in [-0.05, 0) is 22.0 Å². The van der Waals surface area contributed by atoms with E-state index in [0.717, 1.165) is 0 Å². The summed E-state index contributed by atoms with van der Waals surface area (Å²) >= 11 is 8.37. The summed E-state index contributed by atoms with van der Waals surface area (Å²) in [6.07, 6.45) is -3.28. The summed E-state index contributed by atoms with van der Waals surface area (Å²) < 4.78 is 38.7. The molecule has 1 aromatic rings. The maximum atomic E-state index is 12.2. The smallest absolute Gasteiger partial charge is 0.254 e. The molecule has 1 aromatic heterocycles. The summed E-state index contributed by atoms with van der Waals surface area (Å²) in [5.74, 6) is 0. The predicted octanol–water partition coefficient (Wildman–Crippen LogP) is 3.44. The molecule has 0 N–H and O–H groups in total. The Balaban J connectivity index is 3.41. The third-order valence-corrected chi connectivity index (χ3v) is 2.00. The Morgan fingerprint density at radius 2 is 2.36 bits per heavy atom. The molecule has 0 unspecified atom stereocenters. The van der Waals surface area contributed by atoms with Gasteiger partial charge in [-0.3, -0.25) is 4.98 Å². The number of nitrogens with zero attached hydrogens (tertiary/aromatic N) is 1. The van der Waals surface area contributed by atoms with Crippen molar-refractivity contribution in [2.24, 2.45) is 0 Å². The molecule has 1 rings (SSSR count). The van der Waals surface area contributed by atoms with Crippen LogP contribution in [0.3, 0.4) is 0 Å². The Hall–Kier alpha value is -0.220. The number of aromatic nitrogens is 1. The lowest BCUT2D eigenvalue weighted by atomic mass is 10.4. The highest BCUT2D eigenvalue weighted by Crippen LogP contribution is 2.25. The molecule has 0 atom stereocenters. The minimum atomic E-state index is -2.89. The summed E-state index contributed by atoms with van der Waals surface area (Å²) in [5, 5.41) is -0.213. The molecule has 0 saturated carbocycles. The van der Waals surface area contributed by atoms with Crippen LogP contribution in [0.15, 0.2) is 16.7 Å². The Bertz CT molecular complexity index is 348. The van der Waals surface area contributed by atoms with Crippen LogP contribution in [0.5, 0.6) is 0 Å². The van der Waals surface area contributed by atoms with Crippen molar-refractivity contribution in [2.45, 2.75) is 6.43 Å². The van der Waals surface area contributed by atoms with E-state index >= 15 is 0 Å². The molecule has 0 amide bonds. The SMILES string of the molecule is [2H]c1nc(C(F)F)c([2H])c(Cl)c1Br. The van der Waals surface area contributed by atoms with Gasteiger partial charge < -0.3 is 0 Å². The molecular weight excluding hydrogens is 239 g/mol. The Morgan fingerprint density at radius 1 is 1.73 bits per heavy atom. The minimum absolute atomic E-state index is 0.0589. The zero-order valence-corrected chi connectivity index (χ0v) is 7.38. The number of rotatable bonds is 1. The second kappa shape index (κ2) is 3.45. The maximum absolute atomic E-state index is 12.2. The fourth-order valence-electron chi connectivity index (χ4n) is 0.457. The van der Waals surface area contributed by atoms with Gasteiger partial charge in [0.15, 0.2) is 0 Å².